The Morgan fingerprint density at radius 3 is 2.22 bits per heavy atom. The van der Waals surface area contributed by atoms with Crippen LogP contribution >= 0.6 is 0 Å². The van der Waals surface area contributed by atoms with Crippen LogP contribution in [0.1, 0.15) is 43.4 Å². The smallest absolute Gasteiger partial charge is 0.224 e. The highest BCUT2D eigenvalue weighted by molar-refractivity contribution is 5.90. The Balaban J connectivity index is 1.84. The van der Waals surface area contributed by atoms with Gasteiger partial charge in [-0.2, -0.15) is 0 Å². The molecule has 0 saturated carbocycles. The molecule has 0 aliphatic carbocycles. The van der Waals surface area contributed by atoms with Gasteiger partial charge in [0, 0.05) is 32.2 Å². The summed E-state index contributed by atoms with van der Waals surface area (Å²) in [5.41, 5.74) is 4.59. The van der Waals surface area contributed by atoms with Crippen LogP contribution < -0.4 is 16.0 Å². The highest BCUT2D eigenvalue weighted by Gasteiger charge is 2.03. The Bertz CT molecular complexity index is 753. The van der Waals surface area contributed by atoms with Gasteiger partial charge in [0.1, 0.15) is 0 Å². The van der Waals surface area contributed by atoms with Crippen LogP contribution in [-0.4, -0.2) is 18.9 Å². The topological polar surface area (TPSA) is 65.5 Å². The molecule has 3 N–H and O–H groups in total. The first-order valence-electron chi connectivity index (χ1n) is 9.56. The predicted molar refractivity (Wildman–Crippen MR) is 113 cm³/mol. The van der Waals surface area contributed by atoms with Gasteiger partial charge in [0.2, 0.25) is 5.91 Å². The van der Waals surface area contributed by atoms with Crippen molar-refractivity contribution in [3.05, 3.63) is 65.2 Å². The molecule has 0 radical (unpaired) electrons. The minimum absolute atomic E-state index is 0.0559. The van der Waals surface area contributed by atoms with Gasteiger partial charge in [0.15, 0.2) is 5.96 Å². The molecule has 1 amide bonds. The zero-order chi connectivity index (χ0) is 19.5. The highest BCUT2D eigenvalue weighted by atomic mass is 16.1. The van der Waals surface area contributed by atoms with E-state index in [4.69, 9.17) is 0 Å². The number of carbonyl (C=O) groups excluding carboxylic acids is 1. The number of amides is 1. The molecule has 27 heavy (non-hydrogen) atoms. The van der Waals surface area contributed by atoms with Crippen LogP contribution in [0.25, 0.3) is 0 Å². The number of nitrogens with one attached hydrogen (secondary N) is 3. The molecule has 0 atom stereocenters. The molecule has 0 bridgehead atoms. The SMILES string of the molecule is CCCC(=O)Nc1ccc(CNC(=NC)NCc2ccccc2CC)cc1. The van der Waals surface area contributed by atoms with Gasteiger partial charge in [0.05, 0.1) is 0 Å². The van der Waals surface area contributed by atoms with Crippen molar-refractivity contribution in [1.82, 2.24) is 10.6 Å². The van der Waals surface area contributed by atoms with Crippen LogP contribution in [0.5, 0.6) is 0 Å². The minimum Gasteiger partial charge on any atom is -0.352 e. The molecule has 2 aromatic rings. The quantitative estimate of drug-likeness (QED) is 0.491. The van der Waals surface area contributed by atoms with Gasteiger partial charge < -0.3 is 16.0 Å². The Hall–Kier alpha value is -2.82. The predicted octanol–water partition coefficient (Wildman–Crippen LogP) is 3.85. The maximum Gasteiger partial charge on any atom is 0.224 e. The van der Waals surface area contributed by atoms with Gasteiger partial charge in [-0.1, -0.05) is 50.2 Å². The van der Waals surface area contributed by atoms with Gasteiger partial charge >= 0.3 is 0 Å². The fourth-order valence-electron chi connectivity index (χ4n) is 2.82. The summed E-state index contributed by atoms with van der Waals surface area (Å²) in [6.45, 7) is 5.57. The molecule has 0 spiro atoms. The van der Waals surface area contributed by atoms with Gasteiger partial charge in [-0.25, -0.2) is 0 Å². The van der Waals surface area contributed by atoms with E-state index in [-0.39, 0.29) is 5.91 Å². The van der Waals surface area contributed by atoms with E-state index in [1.54, 1.807) is 7.05 Å². The molecule has 5 nitrogen and oxygen atoms in total. The second-order valence-corrected chi connectivity index (χ2v) is 6.40. The number of benzene rings is 2. The first-order valence-corrected chi connectivity index (χ1v) is 9.56. The lowest BCUT2D eigenvalue weighted by molar-refractivity contribution is -0.116. The van der Waals surface area contributed by atoms with Crippen molar-refractivity contribution < 1.29 is 4.79 Å². The van der Waals surface area contributed by atoms with E-state index in [0.717, 1.165) is 36.6 Å². The monoisotopic (exact) mass is 366 g/mol. The van der Waals surface area contributed by atoms with Crippen LogP contribution in [0.2, 0.25) is 0 Å². The van der Waals surface area contributed by atoms with Crippen LogP contribution in [0.15, 0.2) is 53.5 Å². The normalized spacial score (nSPS) is 11.1. The molecule has 0 aliphatic rings. The largest absolute Gasteiger partial charge is 0.352 e. The zero-order valence-electron chi connectivity index (χ0n) is 16.5. The molecule has 0 unspecified atom stereocenters. The number of hydrogen-bond donors (Lipinski definition) is 3. The highest BCUT2D eigenvalue weighted by Crippen LogP contribution is 2.11. The molecule has 0 fully saturated rings. The lowest BCUT2D eigenvalue weighted by atomic mass is 10.1. The lowest BCUT2D eigenvalue weighted by Crippen LogP contribution is -2.36. The summed E-state index contributed by atoms with van der Waals surface area (Å²) < 4.78 is 0. The van der Waals surface area contributed by atoms with Crippen LogP contribution in [0.3, 0.4) is 0 Å². The van der Waals surface area contributed by atoms with Gasteiger partial charge in [-0.3, -0.25) is 9.79 Å². The number of nitrogens with zero attached hydrogens (tertiary/aromatic N) is 1. The van der Waals surface area contributed by atoms with Crippen molar-refractivity contribution in [2.45, 2.75) is 46.2 Å². The number of carbonyl (C=O) groups is 1. The fourth-order valence-corrected chi connectivity index (χ4v) is 2.82. The molecule has 5 heteroatoms. The van der Waals surface area contributed by atoms with Crippen LogP contribution in [-0.2, 0) is 24.3 Å². The Kier molecular flexibility index (Phi) is 8.36. The average molecular weight is 367 g/mol. The summed E-state index contributed by atoms with van der Waals surface area (Å²) in [6.07, 6.45) is 2.42. The number of aliphatic imine (C=N–C) groups is 1. The molecule has 0 saturated heterocycles. The molecule has 0 aliphatic heterocycles. The molecular weight excluding hydrogens is 336 g/mol. The molecule has 144 valence electrons. The van der Waals surface area contributed by atoms with Gasteiger partial charge in [0.25, 0.3) is 0 Å². The number of hydrogen-bond acceptors (Lipinski definition) is 2. The average Bonchev–Trinajstić information content (AvgIpc) is 2.69. The first kappa shape index (κ1) is 20.5. The maximum atomic E-state index is 11.6. The summed E-state index contributed by atoms with van der Waals surface area (Å²) in [5.74, 6) is 0.821. The number of aryl methyl sites for hydroxylation is 1. The molecule has 2 rings (SSSR count). The molecule has 0 aromatic heterocycles. The molecule has 0 heterocycles. The lowest BCUT2D eigenvalue weighted by Gasteiger charge is -2.14. The van der Waals surface area contributed by atoms with E-state index >= 15 is 0 Å². The Morgan fingerprint density at radius 1 is 0.926 bits per heavy atom. The van der Waals surface area contributed by atoms with Crippen molar-refractivity contribution in [3.63, 3.8) is 0 Å². The van der Waals surface area contributed by atoms with Crippen LogP contribution in [0.4, 0.5) is 5.69 Å². The van der Waals surface area contributed by atoms with E-state index in [9.17, 15) is 4.79 Å². The second kappa shape index (κ2) is 11.0. The van der Waals surface area contributed by atoms with Gasteiger partial charge in [-0.05, 0) is 41.7 Å². The van der Waals surface area contributed by atoms with E-state index in [1.165, 1.54) is 11.1 Å². The van der Waals surface area contributed by atoms with Crippen molar-refractivity contribution >= 4 is 17.6 Å². The first-order chi connectivity index (χ1) is 13.2. The second-order valence-electron chi connectivity index (χ2n) is 6.40. The number of guanidine groups is 1. The van der Waals surface area contributed by atoms with Crippen molar-refractivity contribution in [2.75, 3.05) is 12.4 Å². The van der Waals surface area contributed by atoms with Crippen molar-refractivity contribution in [3.8, 4) is 0 Å². The summed E-state index contributed by atoms with van der Waals surface area (Å²) in [6, 6.07) is 16.3. The number of rotatable bonds is 8. The summed E-state index contributed by atoms with van der Waals surface area (Å²) in [7, 11) is 1.77. The van der Waals surface area contributed by atoms with E-state index < -0.39 is 0 Å². The summed E-state index contributed by atoms with van der Waals surface area (Å²) in [5, 5.41) is 9.59. The third-order valence-corrected chi connectivity index (χ3v) is 4.34. The van der Waals surface area contributed by atoms with E-state index in [2.05, 4.69) is 52.1 Å². The Labute approximate surface area is 162 Å². The maximum absolute atomic E-state index is 11.6. The fraction of sp³-hybridized carbons (Fsp3) is 0.364. The van der Waals surface area contributed by atoms with E-state index in [0.29, 0.717) is 13.0 Å². The Morgan fingerprint density at radius 2 is 1.59 bits per heavy atom. The zero-order valence-corrected chi connectivity index (χ0v) is 16.5. The third kappa shape index (κ3) is 6.77. The third-order valence-electron chi connectivity index (χ3n) is 4.34. The molecule has 2 aromatic carbocycles. The van der Waals surface area contributed by atoms with Crippen molar-refractivity contribution in [2.24, 2.45) is 4.99 Å². The number of anilines is 1. The standard InChI is InChI=1S/C22H30N4O/c1-4-8-21(27)26-20-13-11-17(12-14-20)15-24-22(23-3)25-16-19-10-7-6-9-18(19)5-2/h6-7,9-14H,4-5,8,15-16H2,1-3H3,(H,26,27)(H2,23,24,25). The van der Waals surface area contributed by atoms with E-state index in [1.807, 2.05) is 31.2 Å². The minimum atomic E-state index is 0.0559. The molecular formula is C22H30N4O. The van der Waals surface area contributed by atoms with Crippen molar-refractivity contribution in [1.29, 1.82) is 0 Å². The van der Waals surface area contributed by atoms with Gasteiger partial charge in [-0.15, -0.1) is 0 Å². The van der Waals surface area contributed by atoms with Crippen LogP contribution in [0, 0.1) is 0 Å². The summed E-state index contributed by atoms with van der Waals surface area (Å²) in [4.78, 5) is 15.9. The summed E-state index contributed by atoms with van der Waals surface area (Å²) >= 11 is 0.